The van der Waals surface area contributed by atoms with E-state index < -0.39 is 6.10 Å². The monoisotopic (exact) mass is 323 g/mol. The van der Waals surface area contributed by atoms with Crippen molar-refractivity contribution in [2.45, 2.75) is 32.8 Å². The van der Waals surface area contributed by atoms with Gasteiger partial charge >= 0.3 is 0 Å². The van der Waals surface area contributed by atoms with Gasteiger partial charge in [0.25, 0.3) is 5.91 Å². The quantitative estimate of drug-likeness (QED) is 0.931. The molecule has 0 radical (unpaired) electrons. The van der Waals surface area contributed by atoms with Crippen molar-refractivity contribution in [3.63, 3.8) is 0 Å². The summed E-state index contributed by atoms with van der Waals surface area (Å²) in [5.74, 6) is 0.340. The van der Waals surface area contributed by atoms with Crippen LogP contribution in [-0.2, 0) is 0 Å². The molecule has 1 amide bonds. The van der Waals surface area contributed by atoms with Crippen LogP contribution >= 0.6 is 0 Å². The Hall–Kier alpha value is -2.13. The molecule has 1 aliphatic rings. The lowest BCUT2D eigenvalue weighted by Gasteiger charge is -2.35. The second-order valence-corrected chi connectivity index (χ2v) is 6.75. The van der Waals surface area contributed by atoms with Crippen molar-refractivity contribution in [3.05, 3.63) is 70.8 Å². The fourth-order valence-corrected chi connectivity index (χ4v) is 3.65. The minimum atomic E-state index is -0.441. The lowest BCUT2D eigenvalue weighted by Crippen LogP contribution is -2.40. The fraction of sp³-hybridized carbons (Fsp3) is 0.381. The maximum absolute atomic E-state index is 12.9. The number of amides is 1. The van der Waals surface area contributed by atoms with E-state index in [9.17, 15) is 9.90 Å². The number of aliphatic hydroxyl groups excluding tert-OH is 1. The fourth-order valence-electron chi connectivity index (χ4n) is 3.65. The third kappa shape index (κ3) is 3.36. The molecule has 126 valence electrons. The summed E-state index contributed by atoms with van der Waals surface area (Å²) in [6.45, 7) is 5.40. The van der Waals surface area contributed by atoms with E-state index in [1.807, 2.05) is 67.3 Å². The number of likely N-dealkylation sites (tertiary alicyclic amines) is 1. The number of aliphatic hydroxyl groups is 1. The zero-order valence-corrected chi connectivity index (χ0v) is 14.4. The number of rotatable bonds is 3. The average molecular weight is 323 g/mol. The first kappa shape index (κ1) is 16.7. The highest BCUT2D eigenvalue weighted by Gasteiger charge is 2.29. The summed E-state index contributed by atoms with van der Waals surface area (Å²) < 4.78 is 0. The number of hydrogen-bond donors (Lipinski definition) is 1. The Balaban J connectivity index is 1.66. The maximum Gasteiger partial charge on any atom is 0.254 e. The van der Waals surface area contributed by atoms with Gasteiger partial charge in [-0.15, -0.1) is 0 Å². The molecule has 0 bridgehead atoms. The summed E-state index contributed by atoms with van der Waals surface area (Å²) in [6, 6.07) is 15.8. The normalized spacial score (nSPS) is 16.9. The first-order chi connectivity index (χ1) is 11.6. The van der Waals surface area contributed by atoms with Crippen LogP contribution in [0.5, 0.6) is 0 Å². The van der Waals surface area contributed by atoms with Crippen LogP contribution in [-0.4, -0.2) is 29.0 Å². The molecule has 0 aromatic heterocycles. The number of carbonyl (C=O) groups excluding carboxylic acids is 1. The summed E-state index contributed by atoms with van der Waals surface area (Å²) in [6.07, 6.45) is 1.24. The van der Waals surface area contributed by atoms with Gasteiger partial charge in [-0.25, -0.2) is 0 Å². The molecular formula is C21H25NO2. The molecule has 0 saturated carbocycles. The Bertz CT molecular complexity index is 683. The third-order valence-corrected chi connectivity index (χ3v) is 5.11. The standard InChI is InChI=1S/C21H25NO2/c1-15-7-6-8-16(2)19(15)21(24)22-13-11-18(12-14-22)20(23)17-9-4-3-5-10-17/h3-10,18,20,23H,11-14H2,1-2H3. The molecule has 0 aliphatic carbocycles. The lowest BCUT2D eigenvalue weighted by molar-refractivity contribution is 0.0461. The van der Waals surface area contributed by atoms with Crippen molar-refractivity contribution >= 4 is 5.91 Å². The molecule has 3 heteroatoms. The first-order valence-corrected chi connectivity index (χ1v) is 8.66. The van der Waals surface area contributed by atoms with Gasteiger partial charge in [0, 0.05) is 18.7 Å². The molecule has 1 fully saturated rings. The van der Waals surface area contributed by atoms with Crippen molar-refractivity contribution in [2.24, 2.45) is 5.92 Å². The van der Waals surface area contributed by atoms with E-state index in [0.717, 1.165) is 35.1 Å². The van der Waals surface area contributed by atoms with Crippen LogP contribution in [0.4, 0.5) is 0 Å². The highest BCUT2D eigenvalue weighted by Crippen LogP contribution is 2.31. The topological polar surface area (TPSA) is 40.5 Å². The predicted molar refractivity (Wildman–Crippen MR) is 95.9 cm³/mol. The van der Waals surface area contributed by atoms with Crippen molar-refractivity contribution in [3.8, 4) is 0 Å². The van der Waals surface area contributed by atoms with E-state index in [2.05, 4.69) is 0 Å². The van der Waals surface area contributed by atoms with Crippen LogP contribution in [0.15, 0.2) is 48.5 Å². The summed E-state index contributed by atoms with van der Waals surface area (Å²) in [5, 5.41) is 10.6. The van der Waals surface area contributed by atoms with Crippen LogP contribution in [0.2, 0.25) is 0 Å². The van der Waals surface area contributed by atoms with Gasteiger partial charge in [-0.1, -0.05) is 48.5 Å². The van der Waals surface area contributed by atoms with Crippen molar-refractivity contribution < 1.29 is 9.90 Å². The Morgan fingerprint density at radius 1 is 1.00 bits per heavy atom. The van der Waals surface area contributed by atoms with Gasteiger partial charge < -0.3 is 10.0 Å². The number of nitrogens with zero attached hydrogens (tertiary/aromatic N) is 1. The van der Waals surface area contributed by atoms with Gasteiger partial charge in [0.15, 0.2) is 0 Å². The molecule has 1 aliphatic heterocycles. The second kappa shape index (κ2) is 7.18. The van der Waals surface area contributed by atoms with Crippen molar-refractivity contribution in [1.82, 2.24) is 4.90 Å². The second-order valence-electron chi connectivity index (χ2n) is 6.75. The molecular weight excluding hydrogens is 298 g/mol. The third-order valence-electron chi connectivity index (χ3n) is 5.11. The van der Waals surface area contributed by atoms with Crippen LogP contribution in [0.3, 0.4) is 0 Å². The van der Waals surface area contributed by atoms with Crippen LogP contribution in [0.1, 0.15) is 46.0 Å². The number of benzene rings is 2. The van der Waals surface area contributed by atoms with Gasteiger partial charge in [0.1, 0.15) is 0 Å². The molecule has 24 heavy (non-hydrogen) atoms. The molecule has 1 atom stereocenters. The van der Waals surface area contributed by atoms with Crippen molar-refractivity contribution in [2.75, 3.05) is 13.1 Å². The maximum atomic E-state index is 12.9. The molecule has 2 aromatic rings. The highest BCUT2D eigenvalue weighted by atomic mass is 16.3. The average Bonchev–Trinajstić information content (AvgIpc) is 2.62. The Kier molecular flexibility index (Phi) is 5.00. The molecule has 2 aromatic carbocycles. The Morgan fingerprint density at radius 2 is 1.58 bits per heavy atom. The molecule has 3 nitrogen and oxygen atoms in total. The summed E-state index contributed by atoms with van der Waals surface area (Å²) in [7, 11) is 0. The molecule has 1 unspecified atom stereocenters. The Labute approximate surface area is 143 Å². The minimum Gasteiger partial charge on any atom is -0.388 e. The molecule has 0 spiro atoms. The molecule has 1 heterocycles. The zero-order valence-electron chi connectivity index (χ0n) is 14.4. The van der Waals surface area contributed by atoms with E-state index in [1.165, 1.54) is 0 Å². The first-order valence-electron chi connectivity index (χ1n) is 8.66. The summed E-state index contributed by atoms with van der Waals surface area (Å²) >= 11 is 0. The van der Waals surface area contributed by atoms with Gasteiger partial charge in [0.05, 0.1) is 6.10 Å². The SMILES string of the molecule is Cc1cccc(C)c1C(=O)N1CCC(C(O)c2ccccc2)CC1. The zero-order chi connectivity index (χ0) is 17.1. The molecule has 3 rings (SSSR count). The van der Waals surface area contributed by atoms with Gasteiger partial charge in [0.2, 0.25) is 0 Å². The van der Waals surface area contributed by atoms with E-state index in [-0.39, 0.29) is 11.8 Å². The van der Waals surface area contributed by atoms with Crippen LogP contribution < -0.4 is 0 Å². The minimum absolute atomic E-state index is 0.123. The van der Waals surface area contributed by atoms with E-state index in [0.29, 0.717) is 13.1 Å². The van der Waals surface area contributed by atoms with Gasteiger partial charge in [-0.3, -0.25) is 4.79 Å². The van der Waals surface area contributed by atoms with E-state index in [1.54, 1.807) is 0 Å². The van der Waals surface area contributed by atoms with E-state index in [4.69, 9.17) is 0 Å². The number of piperidine rings is 1. The summed E-state index contributed by atoms with van der Waals surface area (Å²) in [5.41, 5.74) is 3.87. The number of hydrogen-bond acceptors (Lipinski definition) is 2. The number of aryl methyl sites for hydroxylation is 2. The lowest BCUT2D eigenvalue weighted by atomic mass is 9.87. The van der Waals surface area contributed by atoms with Crippen LogP contribution in [0, 0.1) is 19.8 Å². The largest absolute Gasteiger partial charge is 0.388 e. The summed E-state index contributed by atoms with van der Waals surface area (Å²) in [4.78, 5) is 14.8. The smallest absolute Gasteiger partial charge is 0.254 e. The van der Waals surface area contributed by atoms with Crippen LogP contribution in [0.25, 0.3) is 0 Å². The predicted octanol–water partition coefficient (Wildman–Crippen LogP) is 3.89. The van der Waals surface area contributed by atoms with Gasteiger partial charge in [-0.05, 0) is 49.3 Å². The van der Waals surface area contributed by atoms with E-state index >= 15 is 0 Å². The van der Waals surface area contributed by atoms with Crippen molar-refractivity contribution in [1.29, 1.82) is 0 Å². The molecule has 1 saturated heterocycles. The highest BCUT2D eigenvalue weighted by molar-refractivity contribution is 5.97. The Morgan fingerprint density at radius 3 is 2.17 bits per heavy atom. The molecule has 1 N–H and O–H groups in total. The van der Waals surface area contributed by atoms with Gasteiger partial charge in [-0.2, -0.15) is 0 Å². The number of carbonyl (C=O) groups is 1.